The highest BCUT2D eigenvalue weighted by atomic mass is 19.4. The van der Waals surface area contributed by atoms with Gasteiger partial charge in [0.1, 0.15) is 12.4 Å². The van der Waals surface area contributed by atoms with Crippen molar-refractivity contribution < 1.29 is 37.3 Å². The van der Waals surface area contributed by atoms with Crippen LogP contribution in [0.3, 0.4) is 0 Å². The SMILES string of the molecule is O=C(NC(C(=O)O)c1cccc(OC(F)(F)F)c1)OCc1ccccc1. The van der Waals surface area contributed by atoms with Gasteiger partial charge in [0.2, 0.25) is 0 Å². The lowest BCUT2D eigenvalue weighted by molar-refractivity contribution is -0.274. The normalized spacial score (nSPS) is 12.1. The minimum absolute atomic E-state index is 0.0871. The summed E-state index contributed by atoms with van der Waals surface area (Å²) in [4.78, 5) is 23.2. The first-order chi connectivity index (χ1) is 12.2. The van der Waals surface area contributed by atoms with Crippen LogP contribution in [0.5, 0.6) is 5.75 Å². The highest BCUT2D eigenvalue weighted by Gasteiger charge is 2.32. The van der Waals surface area contributed by atoms with E-state index in [1.165, 1.54) is 12.1 Å². The molecule has 0 aliphatic heterocycles. The number of aliphatic carboxylic acids is 1. The number of carboxylic acids is 1. The van der Waals surface area contributed by atoms with Crippen LogP contribution in [0.2, 0.25) is 0 Å². The Kier molecular flexibility index (Phi) is 6.05. The number of hydrogen-bond donors (Lipinski definition) is 2. The highest BCUT2D eigenvalue weighted by molar-refractivity contribution is 5.81. The maximum absolute atomic E-state index is 12.3. The molecule has 0 fully saturated rings. The van der Waals surface area contributed by atoms with Gasteiger partial charge in [-0.3, -0.25) is 0 Å². The molecule has 0 aliphatic carbocycles. The van der Waals surface area contributed by atoms with E-state index in [0.717, 1.165) is 12.1 Å². The molecule has 0 aromatic heterocycles. The summed E-state index contributed by atoms with van der Waals surface area (Å²) in [5, 5.41) is 11.3. The summed E-state index contributed by atoms with van der Waals surface area (Å²) in [6.45, 7) is -0.0871. The topological polar surface area (TPSA) is 84.9 Å². The number of amides is 1. The predicted octanol–water partition coefficient (Wildman–Crippen LogP) is 3.64. The number of halogens is 3. The van der Waals surface area contributed by atoms with Gasteiger partial charge in [-0.05, 0) is 23.3 Å². The van der Waals surface area contributed by atoms with Crippen molar-refractivity contribution in [3.8, 4) is 5.75 Å². The molecule has 2 rings (SSSR count). The van der Waals surface area contributed by atoms with Gasteiger partial charge in [-0.15, -0.1) is 13.2 Å². The summed E-state index contributed by atoms with van der Waals surface area (Å²) in [5.41, 5.74) is 0.589. The maximum Gasteiger partial charge on any atom is 0.573 e. The van der Waals surface area contributed by atoms with Gasteiger partial charge >= 0.3 is 18.4 Å². The lowest BCUT2D eigenvalue weighted by Crippen LogP contribution is -2.34. The minimum Gasteiger partial charge on any atom is -0.479 e. The number of carboxylic acid groups (broad SMARTS) is 1. The number of rotatable bonds is 6. The van der Waals surface area contributed by atoms with Gasteiger partial charge in [-0.1, -0.05) is 42.5 Å². The van der Waals surface area contributed by atoms with Crippen LogP contribution < -0.4 is 10.1 Å². The van der Waals surface area contributed by atoms with Gasteiger partial charge in [0.05, 0.1) is 0 Å². The number of benzene rings is 2. The number of alkyl carbamates (subject to hydrolysis) is 1. The molecular formula is C17H14F3NO5. The van der Waals surface area contributed by atoms with E-state index in [4.69, 9.17) is 4.74 Å². The average molecular weight is 369 g/mol. The zero-order valence-corrected chi connectivity index (χ0v) is 13.2. The molecule has 0 spiro atoms. The second-order valence-corrected chi connectivity index (χ2v) is 5.10. The smallest absolute Gasteiger partial charge is 0.479 e. The van der Waals surface area contributed by atoms with E-state index in [9.17, 15) is 27.9 Å². The third kappa shape index (κ3) is 6.00. The van der Waals surface area contributed by atoms with E-state index in [1.54, 1.807) is 30.3 Å². The summed E-state index contributed by atoms with van der Waals surface area (Å²) in [6.07, 6.45) is -5.94. The van der Waals surface area contributed by atoms with Crippen molar-refractivity contribution in [2.24, 2.45) is 0 Å². The van der Waals surface area contributed by atoms with Crippen molar-refractivity contribution in [1.82, 2.24) is 5.32 Å². The third-order valence-electron chi connectivity index (χ3n) is 3.15. The van der Waals surface area contributed by atoms with Crippen LogP contribution in [0.1, 0.15) is 17.2 Å². The van der Waals surface area contributed by atoms with Crippen molar-refractivity contribution >= 4 is 12.1 Å². The molecular weight excluding hydrogens is 355 g/mol. The molecule has 0 radical (unpaired) electrons. The molecule has 2 aromatic rings. The summed E-state index contributed by atoms with van der Waals surface area (Å²) in [5.74, 6) is -2.06. The second-order valence-electron chi connectivity index (χ2n) is 5.10. The van der Waals surface area contributed by atoms with Crippen LogP contribution in [-0.4, -0.2) is 23.5 Å². The lowest BCUT2D eigenvalue weighted by Gasteiger charge is -2.16. The fraction of sp³-hybridized carbons (Fsp3) is 0.176. The van der Waals surface area contributed by atoms with E-state index in [1.807, 2.05) is 0 Å². The standard InChI is InChI=1S/C17H14F3NO5/c18-17(19,20)26-13-8-4-7-12(9-13)14(15(22)23)21-16(24)25-10-11-5-2-1-3-6-11/h1-9,14H,10H2,(H,21,24)(H,22,23). The summed E-state index contributed by atoms with van der Waals surface area (Å²) >= 11 is 0. The molecule has 6 nitrogen and oxygen atoms in total. The summed E-state index contributed by atoms with van der Waals surface area (Å²) in [6, 6.07) is 11.4. The van der Waals surface area contributed by atoms with Gasteiger partial charge in [-0.2, -0.15) is 0 Å². The Balaban J connectivity index is 2.05. The molecule has 0 saturated carbocycles. The molecule has 0 saturated heterocycles. The maximum atomic E-state index is 12.3. The Morgan fingerprint density at radius 1 is 1.08 bits per heavy atom. The van der Waals surface area contributed by atoms with Crippen LogP contribution in [0.15, 0.2) is 54.6 Å². The minimum atomic E-state index is -4.92. The van der Waals surface area contributed by atoms with Crippen LogP contribution in [0.25, 0.3) is 0 Å². The quantitative estimate of drug-likeness (QED) is 0.812. The molecule has 2 N–H and O–H groups in total. The Labute approximate surface area is 146 Å². The zero-order chi connectivity index (χ0) is 19.2. The number of carbonyl (C=O) groups excluding carboxylic acids is 1. The van der Waals surface area contributed by atoms with E-state index >= 15 is 0 Å². The van der Waals surface area contributed by atoms with Crippen molar-refractivity contribution in [3.63, 3.8) is 0 Å². The van der Waals surface area contributed by atoms with Crippen LogP contribution >= 0.6 is 0 Å². The van der Waals surface area contributed by atoms with Crippen LogP contribution in [0.4, 0.5) is 18.0 Å². The monoisotopic (exact) mass is 369 g/mol. The Bertz CT molecular complexity index is 764. The van der Waals surface area contributed by atoms with Crippen molar-refractivity contribution in [1.29, 1.82) is 0 Å². The fourth-order valence-electron chi connectivity index (χ4n) is 2.06. The largest absolute Gasteiger partial charge is 0.573 e. The number of alkyl halides is 3. The molecule has 0 bridgehead atoms. The van der Waals surface area contributed by atoms with Crippen molar-refractivity contribution in [3.05, 3.63) is 65.7 Å². The zero-order valence-electron chi connectivity index (χ0n) is 13.2. The summed E-state index contributed by atoms with van der Waals surface area (Å²) in [7, 11) is 0. The number of hydrogen-bond acceptors (Lipinski definition) is 4. The lowest BCUT2D eigenvalue weighted by atomic mass is 10.1. The van der Waals surface area contributed by atoms with Crippen LogP contribution in [0, 0.1) is 0 Å². The van der Waals surface area contributed by atoms with Gasteiger partial charge in [0.25, 0.3) is 0 Å². The molecule has 26 heavy (non-hydrogen) atoms. The molecule has 138 valence electrons. The molecule has 1 unspecified atom stereocenters. The first-order valence-electron chi connectivity index (χ1n) is 7.30. The Morgan fingerprint density at radius 3 is 2.38 bits per heavy atom. The van der Waals surface area contributed by atoms with E-state index in [-0.39, 0.29) is 12.2 Å². The van der Waals surface area contributed by atoms with E-state index in [2.05, 4.69) is 10.1 Å². The van der Waals surface area contributed by atoms with E-state index in [0.29, 0.717) is 5.56 Å². The fourth-order valence-corrected chi connectivity index (χ4v) is 2.06. The first-order valence-corrected chi connectivity index (χ1v) is 7.30. The summed E-state index contributed by atoms with van der Waals surface area (Å²) < 4.78 is 45.5. The average Bonchev–Trinajstić information content (AvgIpc) is 2.57. The number of ether oxygens (including phenoxy) is 2. The molecule has 0 aliphatic rings. The van der Waals surface area contributed by atoms with Gasteiger partial charge in [0, 0.05) is 0 Å². The van der Waals surface area contributed by atoms with E-state index < -0.39 is 30.2 Å². The molecule has 9 heteroatoms. The molecule has 0 heterocycles. The number of nitrogens with one attached hydrogen (secondary N) is 1. The third-order valence-corrected chi connectivity index (χ3v) is 3.15. The molecule has 1 atom stereocenters. The van der Waals surface area contributed by atoms with Crippen molar-refractivity contribution in [2.75, 3.05) is 0 Å². The predicted molar refractivity (Wildman–Crippen MR) is 83.3 cm³/mol. The Morgan fingerprint density at radius 2 is 1.77 bits per heavy atom. The molecule has 2 aromatic carbocycles. The number of carbonyl (C=O) groups is 2. The van der Waals surface area contributed by atoms with Crippen molar-refractivity contribution in [2.45, 2.75) is 19.0 Å². The Hall–Kier alpha value is -3.23. The van der Waals surface area contributed by atoms with Gasteiger partial charge in [0.15, 0.2) is 6.04 Å². The van der Waals surface area contributed by atoms with Gasteiger partial charge in [-0.25, -0.2) is 9.59 Å². The van der Waals surface area contributed by atoms with Crippen LogP contribution in [-0.2, 0) is 16.1 Å². The highest BCUT2D eigenvalue weighted by Crippen LogP contribution is 2.25. The van der Waals surface area contributed by atoms with Gasteiger partial charge < -0.3 is 19.9 Å². The first kappa shape index (κ1) is 19.1. The molecule has 1 amide bonds. The second kappa shape index (κ2) is 8.24.